The lowest BCUT2D eigenvalue weighted by Crippen LogP contribution is -2.26. The molecule has 0 atom stereocenters. The van der Waals surface area contributed by atoms with Crippen LogP contribution in [0.25, 0.3) is 0 Å². The van der Waals surface area contributed by atoms with E-state index in [1.807, 2.05) is 36.9 Å². The average molecular weight is 437 g/mol. The quantitative estimate of drug-likeness (QED) is 0.403. The third-order valence-corrected chi connectivity index (χ3v) is 11.6. The van der Waals surface area contributed by atoms with Gasteiger partial charge in [0.25, 0.3) is 0 Å². The van der Waals surface area contributed by atoms with Gasteiger partial charge < -0.3 is 0 Å². The van der Waals surface area contributed by atoms with Crippen molar-refractivity contribution in [2.75, 3.05) is 0 Å². The third-order valence-electron chi connectivity index (χ3n) is 5.31. The summed E-state index contributed by atoms with van der Waals surface area (Å²) < 4.78 is 0. The first-order chi connectivity index (χ1) is 14.2. The van der Waals surface area contributed by atoms with Crippen LogP contribution in [0.5, 0.6) is 0 Å². The van der Waals surface area contributed by atoms with Gasteiger partial charge in [-0.25, -0.2) is 0 Å². The summed E-state index contributed by atoms with van der Waals surface area (Å²) >= 11 is 0. The van der Waals surface area contributed by atoms with Gasteiger partial charge in [-0.3, -0.25) is 9.97 Å². The standard InChI is InChI=1S/C26H34N2P2/c1-25(2,3)30(26(4,5)6)20-22-12-8-7-11-21(22)19-29(23-13-9-15-27-17-23)24-14-10-16-28-18-24/h7-18H,19-20H2,1-6H3. The second kappa shape index (κ2) is 9.67. The number of hydrogen-bond donors (Lipinski definition) is 0. The number of benzene rings is 1. The van der Waals surface area contributed by atoms with Crippen molar-refractivity contribution >= 4 is 26.5 Å². The molecule has 2 aromatic heterocycles. The van der Waals surface area contributed by atoms with Crippen LogP contribution in [0.1, 0.15) is 52.7 Å². The molecule has 2 heterocycles. The van der Waals surface area contributed by atoms with Gasteiger partial charge in [0, 0.05) is 30.9 Å². The highest BCUT2D eigenvalue weighted by Crippen LogP contribution is 2.61. The smallest absolute Gasteiger partial charge is 0.0348 e. The molecule has 0 N–H and O–H groups in total. The molecule has 0 unspecified atom stereocenters. The van der Waals surface area contributed by atoms with Crippen molar-refractivity contribution < 1.29 is 0 Å². The molecular formula is C26H34N2P2. The van der Waals surface area contributed by atoms with E-state index in [4.69, 9.17) is 0 Å². The van der Waals surface area contributed by atoms with Crippen LogP contribution >= 0.6 is 15.8 Å². The Bertz CT molecular complexity index is 875. The molecule has 30 heavy (non-hydrogen) atoms. The monoisotopic (exact) mass is 436 g/mol. The lowest BCUT2D eigenvalue weighted by Gasteiger charge is -2.42. The van der Waals surface area contributed by atoms with Crippen LogP contribution in [0.15, 0.2) is 73.3 Å². The van der Waals surface area contributed by atoms with Gasteiger partial charge in [-0.05, 0) is 58.3 Å². The maximum atomic E-state index is 4.41. The predicted octanol–water partition coefficient (Wildman–Crippen LogP) is 6.69. The predicted molar refractivity (Wildman–Crippen MR) is 135 cm³/mol. The molecule has 1 aromatic carbocycles. The maximum Gasteiger partial charge on any atom is 0.0348 e. The molecule has 0 amide bonds. The fraction of sp³-hybridized carbons (Fsp3) is 0.385. The summed E-state index contributed by atoms with van der Waals surface area (Å²) in [5.74, 6) is 0. The van der Waals surface area contributed by atoms with Gasteiger partial charge in [0.05, 0.1) is 0 Å². The van der Waals surface area contributed by atoms with Gasteiger partial charge in [0.1, 0.15) is 0 Å². The van der Waals surface area contributed by atoms with Gasteiger partial charge in [-0.2, -0.15) is 0 Å². The highest BCUT2D eigenvalue weighted by Gasteiger charge is 2.34. The van der Waals surface area contributed by atoms with Crippen molar-refractivity contribution in [2.45, 2.75) is 64.2 Å². The Labute approximate surface area is 185 Å². The Morgan fingerprint density at radius 1 is 0.633 bits per heavy atom. The van der Waals surface area contributed by atoms with Crippen LogP contribution in [-0.2, 0) is 12.3 Å². The van der Waals surface area contributed by atoms with Crippen molar-refractivity contribution in [3.8, 4) is 0 Å². The molecule has 0 bridgehead atoms. The Morgan fingerprint density at radius 3 is 1.50 bits per heavy atom. The normalized spacial score (nSPS) is 12.5. The van der Waals surface area contributed by atoms with E-state index in [9.17, 15) is 0 Å². The lowest BCUT2D eigenvalue weighted by atomic mass is 10.1. The van der Waals surface area contributed by atoms with Crippen LogP contribution < -0.4 is 10.6 Å². The summed E-state index contributed by atoms with van der Waals surface area (Å²) in [5, 5.41) is 3.25. The molecule has 0 saturated carbocycles. The fourth-order valence-electron chi connectivity index (χ4n) is 4.05. The first-order valence-corrected chi connectivity index (χ1v) is 13.6. The van der Waals surface area contributed by atoms with E-state index in [0.717, 1.165) is 6.16 Å². The van der Waals surface area contributed by atoms with E-state index in [0.29, 0.717) is 10.3 Å². The van der Waals surface area contributed by atoms with Crippen LogP contribution in [-0.4, -0.2) is 20.3 Å². The summed E-state index contributed by atoms with van der Waals surface area (Å²) in [7, 11) is -0.729. The van der Waals surface area contributed by atoms with Crippen LogP contribution in [0.3, 0.4) is 0 Å². The minimum absolute atomic E-state index is 0.186. The highest BCUT2D eigenvalue weighted by molar-refractivity contribution is 7.72. The minimum Gasteiger partial charge on any atom is -0.264 e. The Balaban J connectivity index is 1.98. The van der Waals surface area contributed by atoms with Gasteiger partial charge in [-0.15, -0.1) is 0 Å². The molecule has 3 rings (SSSR count). The number of pyridine rings is 2. The third kappa shape index (κ3) is 5.96. The van der Waals surface area contributed by atoms with Crippen LogP contribution in [0.2, 0.25) is 0 Å². The Morgan fingerprint density at radius 2 is 1.10 bits per heavy atom. The van der Waals surface area contributed by atoms with E-state index in [-0.39, 0.29) is 7.92 Å². The SMILES string of the molecule is CC(C)(C)P(Cc1ccccc1CP(c1cccnc1)c1cccnc1)C(C)(C)C. The molecule has 0 spiro atoms. The summed E-state index contributed by atoms with van der Waals surface area (Å²) in [4.78, 5) is 8.81. The Hall–Kier alpha value is -1.62. The summed E-state index contributed by atoms with van der Waals surface area (Å²) in [6, 6.07) is 17.6. The molecule has 2 nitrogen and oxygen atoms in total. The van der Waals surface area contributed by atoms with Gasteiger partial charge in [0.2, 0.25) is 0 Å². The molecule has 3 aromatic rings. The molecule has 0 radical (unpaired) electrons. The van der Waals surface area contributed by atoms with Crippen molar-refractivity contribution in [3.05, 3.63) is 84.4 Å². The van der Waals surface area contributed by atoms with E-state index in [1.54, 1.807) is 0 Å². The number of hydrogen-bond acceptors (Lipinski definition) is 2. The molecule has 0 aliphatic heterocycles. The van der Waals surface area contributed by atoms with Gasteiger partial charge >= 0.3 is 0 Å². The Kier molecular flexibility index (Phi) is 7.43. The fourth-order valence-corrected chi connectivity index (χ4v) is 9.91. The number of rotatable bonds is 6. The van der Waals surface area contributed by atoms with Crippen molar-refractivity contribution in [2.24, 2.45) is 0 Å². The molecule has 0 saturated heterocycles. The lowest BCUT2D eigenvalue weighted by molar-refractivity contribution is 0.702. The number of nitrogens with zero attached hydrogens (tertiary/aromatic N) is 2. The van der Waals surface area contributed by atoms with E-state index in [2.05, 4.69) is 87.9 Å². The molecule has 158 valence electrons. The number of aromatic nitrogens is 2. The molecular weight excluding hydrogens is 402 g/mol. The topological polar surface area (TPSA) is 25.8 Å². The van der Waals surface area contributed by atoms with E-state index in [1.165, 1.54) is 27.9 Å². The zero-order valence-corrected chi connectivity index (χ0v) is 20.9. The molecule has 0 fully saturated rings. The molecule has 0 aliphatic carbocycles. The van der Waals surface area contributed by atoms with Gasteiger partial charge in [0.15, 0.2) is 0 Å². The van der Waals surface area contributed by atoms with Crippen LogP contribution in [0, 0.1) is 0 Å². The van der Waals surface area contributed by atoms with Gasteiger partial charge in [-0.1, -0.05) is 85.9 Å². The zero-order chi connectivity index (χ0) is 21.8. The van der Waals surface area contributed by atoms with Crippen molar-refractivity contribution in [1.82, 2.24) is 9.97 Å². The zero-order valence-electron chi connectivity index (χ0n) is 19.1. The minimum atomic E-state index is -0.542. The van der Waals surface area contributed by atoms with Crippen LogP contribution in [0.4, 0.5) is 0 Å². The van der Waals surface area contributed by atoms with Crippen molar-refractivity contribution in [3.63, 3.8) is 0 Å². The van der Waals surface area contributed by atoms with Crippen molar-refractivity contribution in [1.29, 1.82) is 0 Å². The first-order valence-electron chi connectivity index (χ1n) is 10.6. The summed E-state index contributed by atoms with van der Waals surface area (Å²) in [6.07, 6.45) is 9.96. The second-order valence-corrected chi connectivity index (χ2v) is 15.8. The average Bonchev–Trinajstić information content (AvgIpc) is 2.70. The van der Waals surface area contributed by atoms with E-state index < -0.39 is 7.92 Å². The molecule has 4 heteroatoms. The van der Waals surface area contributed by atoms with E-state index >= 15 is 0 Å². The first kappa shape index (κ1) is 23.1. The largest absolute Gasteiger partial charge is 0.264 e. The summed E-state index contributed by atoms with van der Waals surface area (Å²) in [6.45, 7) is 14.4. The maximum absolute atomic E-state index is 4.41. The second-order valence-electron chi connectivity index (χ2n) is 9.71. The summed E-state index contributed by atoms with van der Waals surface area (Å²) in [5.41, 5.74) is 2.98. The molecule has 0 aliphatic rings. The highest BCUT2D eigenvalue weighted by atomic mass is 31.1.